The third kappa shape index (κ3) is 4.14. The highest BCUT2D eigenvalue weighted by atomic mass is 16.5. The van der Waals surface area contributed by atoms with Crippen molar-refractivity contribution in [3.8, 4) is 0 Å². The maximum atomic E-state index is 13.0. The maximum absolute atomic E-state index is 13.0. The zero-order valence-corrected chi connectivity index (χ0v) is 17.0. The van der Waals surface area contributed by atoms with E-state index in [9.17, 15) is 4.79 Å². The number of nitrogens with zero attached hydrogens (tertiary/aromatic N) is 1. The molecule has 150 valence electrons. The number of benzene rings is 1. The van der Waals surface area contributed by atoms with Crippen molar-refractivity contribution in [2.24, 2.45) is 11.8 Å². The number of rotatable bonds is 6. The molecule has 28 heavy (non-hydrogen) atoms. The van der Waals surface area contributed by atoms with Crippen LogP contribution in [-0.4, -0.2) is 50.2 Å². The minimum atomic E-state index is -0.160. The summed E-state index contributed by atoms with van der Waals surface area (Å²) in [6.07, 6.45) is 8.10. The summed E-state index contributed by atoms with van der Waals surface area (Å²) >= 11 is 0. The molecule has 4 rings (SSSR count). The first kappa shape index (κ1) is 19.6. The molecule has 1 aliphatic heterocycles. The van der Waals surface area contributed by atoms with E-state index in [1.165, 1.54) is 18.4 Å². The van der Waals surface area contributed by atoms with Crippen molar-refractivity contribution in [2.45, 2.75) is 44.4 Å². The van der Waals surface area contributed by atoms with Gasteiger partial charge in [0, 0.05) is 32.3 Å². The molecule has 1 saturated heterocycles. The lowest BCUT2D eigenvalue weighted by Gasteiger charge is -2.32. The van der Waals surface area contributed by atoms with Crippen LogP contribution in [-0.2, 0) is 20.8 Å². The SMILES string of the molecule is COC1C=C2CC(CC3CCN(Cc4ccccc4)CC3)C(=O)C2=CC1OC. The number of Topliss-reactive ketones (excluding diaryl/α,β-unsaturated/α-hetero) is 1. The van der Waals surface area contributed by atoms with Crippen LogP contribution in [0.1, 0.15) is 31.2 Å². The third-order valence-corrected chi connectivity index (χ3v) is 6.59. The highest BCUT2D eigenvalue weighted by Crippen LogP contribution is 2.40. The van der Waals surface area contributed by atoms with Gasteiger partial charge < -0.3 is 9.47 Å². The van der Waals surface area contributed by atoms with E-state index in [1.807, 2.05) is 6.08 Å². The van der Waals surface area contributed by atoms with Crippen LogP contribution in [0.2, 0.25) is 0 Å². The molecule has 1 saturated carbocycles. The average molecular weight is 382 g/mol. The summed E-state index contributed by atoms with van der Waals surface area (Å²) in [5.41, 5.74) is 3.43. The fraction of sp³-hybridized carbons (Fsp3) is 0.542. The van der Waals surface area contributed by atoms with E-state index in [2.05, 4.69) is 41.3 Å². The molecule has 3 atom stereocenters. The van der Waals surface area contributed by atoms with Crippen LogP contribution in [0.15, 0.2) is 53.6 Å². The Hall–Kier alpha value is -1.75. The zero-order chi connectivity index (χ0) is 19.5. The first-order chi connectivity index (χ1) is 13.7. The monoisotopic (exact) mass is 381 g/mol. The van der Waals surface area contributed by atoms with Gasteiger partial charge in [-0.15, -0.1) is 0 Å². The molecule has 0 bridgehead atoms. The second-order valence-electron chi connectivity index (χ2n) is 8.38. The van der Waals surface area contributed by atoms with Crippen molar-refractivity contribution in [2.75, 3.05) is 27.3 Å². The van der Waals surface area contributed by atoms with Crippen LogP contribution in [0.3, 0.4) is 0 Å². The maximum Gasteiger partial charge on any atom is 0.166 e. The lowest BCUT2D eigenvalue weighted by Crippen LogP contribution is -2.34. The molecule has 0 amide bonds. The first-order valence-corrected chi connectivity index (χ1v) is 10.5. The molecule has 0 N–H and O–H groups in total. The Morgan fingerprint density at radius 2 is 1.68 bits per heavy atom. The Bertz CT molecular complexity index is 746. The van der Waals surface area contributed by atoms with Gasteiger partial charge in [0.2, 0.25) is 0 Å². The van der Waals surface area contributed by atoms with Crippen LogP contribution in [0.5, 0.6) is 0 Å². The van der Waals surface area contributed by atoms with Crippen molar-refractivity contribution < 1.29 is 14.3 Å². The summed E-state index contributed by atoms with van der Waals surface area (Å²) in [5, 5.41) is 0. The van der Waals surface area contributed by atoms with Gasteiger partial charge >= 0.3 is 0 Å². The summed E-state index contributed by atoms with van der Waals surface area (Å²) in [6.45, 7) is 3.29. The molecular formula is C24H31NO3. The number of carbonyl (C=O) groups excluding carboxylic acids is 1. The second kappa shape index (κ2) is 8.73. The van der Waals surface area contributed by atoms with Gasteiger partial charge in [0.15, 0.2) is 5.78 Å². The Balaban J connectivity index is 1.32. The van der Waals surface area contributed by atoms with Crippen molar-refractivity contribution in [1.82, 2.24) is 4.90 Å². The zero-order valence-electron chi connectivity index (χ0n) is 17.0. The number of hydrogen-bond donors (Lipinski definition) is 0. The standard InChI is InChI=1S/C24H31NO3/c1-27-22-14-19-13-20(24(26)21(19)15-23(22)28-2)12-17-8-10-25(11-9-17)16-18-6-4-3-5-7-18/h3-7,14-15,17,20,22-23H,8-13,16H2,1-2H3. The molecular weight excluding hydrogens is 350 g/mol. The number of hydrogen-bond acceptors (Lipinski definition) is 4. The Labute approximate surface area is 168 Å². The fourth-order valence-corrected chi connectivity index (χ4v) is 4.96. The number of allylic oxidation sites excluding steroid dienone is 2. The molecule has 0 radical (unpaired) electrons. The van der Waals surface area contributed by atoms with E-state index in [1.54, 1.807) is 14.2 Å². The number of ether oxygens (including phenoxy) is 2. The Kier molecular flexibility index (Phi) is 6.10. The molecule has 2 fully saturated rings. The van der Waals surface area contributed by atoms with Gasteiger partial charge in [0.1, 0.15) is 12.2 Å². The van der Waals surface area contributed by atoms with E-state index in [-0.39, 0.29) is 18.1 Å². The highest BCUT2D eigenvalue weighted by Gasteiger charge is 2.39. The molecule has 2 aliphatic carbocycles. The number of fused-ring (bicyclic) bond motifs is 1. The molecule has 1 heterocycles. The van der Waals surface area contributed by atoms with Gasteiger partial charge in [0.25, 0.3) is 0 Å². The first-order valence-electron chi connectivity index (χ1n) is 10.5. The van der Waals surface area contributed by atoms with Gasteiger partial charge in [-0.1, -0.05) is 30.3 Å². The minimum Gasteiger partial charge on any atom is -0.374 e. The molecule has 0 aromatic heterocycles. The molecule has 0 spiro atoms. The molecule has 4 heteroatoms. The van der Waals surface area contributed by atoms with Crippen LogP contribution in [0, 0.1) is 11.8 Å². The molecule has 1 aromatic carbocycles. The largest absolute Gasteiger partial charge is 0.374 e. The van der Waals surface area contributed by atoms with E-state index in [0.717, 1.165) is 43.6 Å². The molecule has 4 nitrogen and oxygen atoms in total. The van der Waals surface area contributed by atoms with E-state index >= 15 is 0 Å². The lowest BCUT2D eigenvalue weighted by atomic mass is 9.85. The smallest absolute Gasteiger partial charge is 0.166 e. The average Bonchev–Trinajstić information content (AvgIpc) is 3.03. The predicted octanol–water partition coefficient (Wildman–Crippen LogP) is 3.77. The molecule has 3 aliphatic rings. The summed E-state index contributed by atoms with van der Waals surface area (Å²) in [6, 6.07) is 10.7. The van der Waals surface area contributed by atoms with E-state index < -0.39 is 0 Å². The van der Waals surface area contributed by atoms with E-state index in [0.29, 0.717) is 11.7 Å². The van der Waals surface area contributed by atoms with Crippen LogP contribution in [0.4, 0.5) is 0 Å². The van der Waals surface area contributed by atoms with Crippen molar-refractivity contribution in [1.29, 1.82) is 0 Å². The van der Waals surface area contributed by atoms with Crippen LogP contribution < -0.4 is 0 Å². The highest BCUT2D eigenvalue weighted by molar-refractivity contribution is 6.05. The summed E-state index contributed by atoms with van der Waals surface area (Å²) in [7, 11) is 3.37. The normalized spacial score (nSPS) is 28.8. The number of ketones is 1. The van der Waals surface area contributed by atoms with Gasteiger partial charge in [0.05, 0.1) is 0 Å². The van der Waals surface area contributed by atoms with Gasteiger partial charge in [-0.2, -0.15) is 0 Å². The second-order valence-corrected chi connectivity index (χ2v) is 8.38. The number of likely N-dealkylation sites (tertiary alicyclic amines) is 1. The van der Waals surface area contributed by atoms with Crippen molar-refractivity contribution in [3.63, 3.8) is 0 Å². The van der Waals surface area contributed by atoms with Gasteiger partial charge in [-0.3, -0.25) is 9.69 Å². The molecule has 1 aromatic rings. The van der Waals surface area contributed by atoms with E-state index in [4.69, 9.17) is 9.47 Å². The Morgan fingerprint density at radius 3 is 2.36 bits per heavy atom. The number of piperidine rings is 1. The summed E-state index contributed by atoms with van der Waals surface area (Å²) in [5.74, 6) is 1.10. The minimum absolute atomic E-state index is 0.0866. The number of methoxy groups -OCH3 is 2. The van der Waals surface area contributed by atoms with Gasteiger partial charge in [-0.25, -0.2) is 0 Å². The lowest BCUT2D eigenvalue weighted by molar-refractivity contribution is -0.118. The van der Waals surface area contributed by atoms with Crippen LogP contribution >= 0.6 is 0 Å². The summed E-state index contributed by atoms with van der Waals surface area (Å²) < 4.78 is 11.0. The van der Waals surface area contributed by atoms with Crippen molar-refractivity contribution >= 4 is 5.78 Å². The number of carbonyl (C=O) groups is 1. The fourth-order valence-electron chi connectivity index (χ4n) is 4.96. The molecule has 3 unspecified atom stereocenters. The third-order valence-electron chi connectivity index (χ3n) is 6.59. The Morgan fingerprint density at radius 1 is 1.00 bits per heavy atom. The predicted molar refractivity (Wildman–Crippen MR) is 110 cm³/mol. The van der Waals surface area contributed by atoms with Crippen LogP contribution in [0.25, 0.3) is 0 Å². The summed E-state index contributed by atoms with van der Waals surface area (Å²) in [4.78, 5) is 15.5. The quantitative estimate of drug-likeness (QED) is 0.752. The van der Waals surface area contributed by atoms with Gasteiger partial charge in [-0.05, 0) is 68.0 Å². The van der Waals surface area contributed by atoms with Crippen molar-refractivity contribution in [3.05, 3.63) is 59.2 Å². The topological polar surface area (TPSA) is 38.8 Å².